The van der Waals surface area contributed by atoms with E-state index in [1.165, 1.54) is 20.3 Å². The molecule has 0 bridgehead atoms. The average molecular weight is 401 g/mol. The minimum atomic E-state index is -1.19. The van der Waals surface area contributed by atoms with Crippen molar-refractivity contribution in [1.82, 2.24) is 4.90 Å². The standard InChI is InChI=1S/C20H32FNO6/c1-17(2,3)28-16(23)22-12-14-15(13(8-11-21)20(22)9-10-20)27-19(5,25-7)18(4,24-6)26-14/h8,11,13-15H,9-10,12H2,1-7H3/t13-,14-,15-,18+,19+/m1/s1. The van der Waals surface area contributed by atoms with Crippen molar-refractivity contribution in [2.24, 2.45) is 5.92 Å². The number of rotatable bonds is 3. The molecule has 160 valence electrons. The number of fused-ring (bicyclic) bond motifs is 1. The van der Waals surface area contributed by atoms with E-state index in [0.717, 1.165) is 12.8 Å². The lowest BCUT2D eigenvalue weighted by molar-refractivity contribution is -0.456. The summed E-state index contributed by atoms with van der Waals surface area (Å²) in [5.74, 6) is -2.77. The molecule has 3 rings (SSSR count). The third-order valence-electron chi connectivity index (χ3n) is 6.24. The minimum absolute atomic E-state index is 0.273. The lowest BCUT2D eigenvalue weighted by Gasteiger charge is -2.58. The van der Waals surface area contributed by atoms with E-state index in [1.54, 1.807) is 18.7 Å². The maximum absolute atomic E-state index is 13.3. The van der Waals surface area contributed by atoms with Gasteiger partial charge >= 0.3 is 6.09 Å². The van der Waals surface area contributed by atoms with Crippen LogP contribution in [0.4, 0.5) is 9.18 Å². The number of ether oxygens (including phenoxy) is 5. The molecule has 28 heavy (non-hydrogen) atoms. The van der Waals surface area contributed by atoms with Crippen LogP contribution in [0.15, 0.2) is 12.4 Å². The Morgan fingerprint density at radius 2 is 1.71 bits per heavy atom. The molecule has 8 heteroatoms. The summed E-state index contributed by atoms with van der Waals surface area (Å²) in [6.07, 6.45) is 2.03. The zero-order valence-electron chi connectivity index (χ0n) is 17.8. The van der Waals surface area contributed by atoms with E-state index in [4.69, 9.17) is 23.7 Å². The van der Waals surface area contributed by atoms with Gasteiger partial charge in [-0.2, -0.15) is 0 Å². The first-order chi connectivity index (χ1) is 13.0. The summed E-state index contributed by atoms with van der Waals surface area (Å²) >= 11 is 0. The molecule has 2 heterocycles. The molecule has 3 aliphatic rings. The molecule has 5 atom stereocenters. The van der Waals surface area contributed by atoms with Crippen LogP contribution in [0.5, 0.6) is 0 Å². The second-order valence-corrected chi connectivity index (χ2v) is 9.08. The van der Waals surface area contributed by atoms with Gasteiger partial charge in [0.1, 0.15) is 11.7 Å². The lowest BCUT2D eigenvalue weighted by atomic mass is 9.81. The molecule has 3 fully saturated rings. The van der Waals surface area contributed by atoms with E-state index in [9.17, 15) is 9.18 Å². The smallest absolute Gasteiger partial charge is 0.410 e. The maximum Gasteiger partial charge on any atom is 0.410 e. The third kappa shape index (κ3) is 3.34. The Hall–Kier alpha value is -1.22. The highest BCUT2D eigenvalue weighted by atomic mass is 19.1. The number of halogens is 1. The molecule has 0 N–H and O–H groups in total. The molecular formula is C20H32FNO6. The molecule has 2 aliphatic heterocycles. The van der Waals surface area contributed by atoms with E-state index in [2.05, 4.69) is 0 Å². The van der Waals surface area contributed by atoms with Crippen LogP contribution in [-0.4, -0.2) is 66.7 Å². The van der Waals surface area contributed by atoms with Gasteiger partial charge in [0.05, 0.1) is 24.5 Å². The Kier molecular flexibility index (Phi) is 5.32. The first-order valence-corrected chi connectivity index (χ1v) is 9.69. The number of carbonyl (C=O) groups excluding carboxylic acids is 1. The van der Waals surface area contributed by atoms with E-state index in [1.807, 2.05) is 20.8 Å². The fourth-order valence-corrected chi connectivity index (χ4v) is 4.34. The van der Waals surface area contributed by atoms with Gasteiger partial charge in [-0.1, -0.05) is 0 Å². The van der Waals surface area contributed by atoms with Crippen molar-refractivity contribution in [3.8, 4) is 0 Å². The number of likely N-dealkylation sites (tertiary alicyclic amines) is 1. The first kappa shape index (κ1) is 21.5. The van der Waals surface area contributed by atoms with Crippen LogP contribution in [0.1, 0.15) is 47.5 Å². The molecule has 7 nitrogen and oxygen atoms in total. The molecule has 1 aliphatic carbocycles. The molecule has 2 saturated heterocycles. The van der Waals surface area contributed by atoms with Gasteiger partial charge in [-0.25, -0.2) is 9.18 Å². The summed E-state index contributed by atoms with van der Waals surface area (Å²) in [7, 11) is 3.03. The quantitative estimate of drug-likeness (QED) is 0.722. The predicted molar refractivity (Wildman–Crippen MR) is 99.2 cm³/mol. The third-order valence-corrected chi connectivity index (χ3v) is 6.24. The summed E-state index contributed by atoms with van der Waals surface area (Å²) in [6, 6.07) is 0. The highest BCUT2D eigenvalue weighted by Gasteiger charge is 2.68. The largest absolute Gasteiger partial charge is 0.444 e. The average Bonchev–Trinajstić information content (AvgIpc) is 3.39. The van der Waals surface area contributed by atoms with Crippen molar-refractivity contribution < 1.29 is 32.9 Å². The molecule has 1 spiro atoms. The molecule has 1 saturated carbocycles. The van der Waals surface area contributed by atoms with Gasteiger partial charge in [0.25, 0.3) is 0 Å². The monoisotopic (exact) mass is 401 g/mol. The number of nitrogens with zero attached hydrogens (tertiary/aromatic N) is 1. The summed E-state index contributed by atoms with van der Waals surface area (Å²) in [6.45, 7) is 9.21. The van der Waals surface area contributed by atoms with E-state index >= 15 is 0 Å². The molecular weight excluding hydrogens is 369 g/mol. The number of methoxy groups -OCH3 is 2. The SMILES string of the molecule is CO[C@@]1(C)O[C@@H]2[C@@H](C=CF)C3(CC3)N(C(=O)OC(C)(C)C)C[C@H]2O[C@]1(C)OC. The van der Waals surface area contributed by atoms with E-state index in [0.29, 0.717) is 6.33 Å². The van der Waals surface area contributed by atoms with Crippen molar-refractivity contribution in [1.29, 1.82) is 0 Å². The van der Waals surface area contributed by atoms with Crippen molar-refractivity contribution in [3.05, 3.63) is 12.4 Å². The number of hydrogen-bond acceptors (Lipinski definition) is 6. The van der Waals surface area contributed by atoms with Crippen molar-refractivity contribution in [2.75, 3.05) is 20.8 Å². The number of hydrogen-bond donors (Lipinski definition) is 0. The topological polar surface area (TPSA) is 66.5 Å². The second kappa shape index (κ2) is 6.93. The van der Waals surface area contributed by atoms with Gasteiger partial charge in [0, 0.05) is 20.1 Å². The fourth-order valence-electron chi connectivity index (χ4n) is 4.34. The normalized spacial score (nSPS) is 39.9. The van der Waals surface area contributed by atoms with Crippen molar-refractivity contribution >= 4 is 6.09 Å². The zero-order chi connectivity index (χ0) is 21.0. The maximum atomic E-state index is 13.3. The second-order valence-electron chi connectivity index (χ2n) is 9.08. The predicted octanol–water partition coefficient (Wildman–Crippen LogP) is 3.38. The molecule has 1 amide bonds. The van der Waals surface area contributed by atoms with Crippen LogP contribution in [0.25, 0.3) is 0 Å². The van der Waals surface area contributed by atoms with Gasteiger partial charge < -0.3 is 23.7 Å². The fraction of sp³-hybridized carbons (Fsp3) is 0.850. The zero-order valence-corrected chi connectivity index (χ0v) is 17.8. The summed E-state index contributed by atoms with van der Waals surface area (Å²) < 4.78 is 42.7. The lowest BCUT2D eigenvalue weighted by Crippen LogP contribution is -2.72. The molecule has 0 aromatic rings. The van der Waals surface area contributed by atoms with Crippen LogP contribution < -0.4 is 0 Å². The summed E-state index contributed by atoms with van der Waals surface area (Å²) in [5.41, 5.74) is -1.17. The van der Waals surface area contributed by atoms with E-state index in [-0.39, 0.29) is 12.5 Å². The number of carbonyl (C=O) groups is 1. The van der Waals surface area contributed by atoms with Crippen LogP contribution in [-0.2, 0) is 23.7 Å². The number of amides is 1. The Bertz CT molecular complexity index is 645. The van der Waals surface area contributed by atoms with Gasteiger partial charge in [0.15, 0.2) is 0 Å². The molecule has 0 radical (unpaired) electrons. The minimum Gasteiger partial charge on any atom is -0.444 e. The van der Waals surface area contributed by atoms with Gasteiger partial charge in [-0.05, 0) is 53.5 Å². The van der Waals surface area contributed by atoms with Crippen molar-refractivity contribution in [3.63, 3.8) is 0 Å². The molecule has 0 aromatic carbocycles. The van der Waals surface area contributed by atoms with Crippen LogP contribution in [0.3, 0.4) is 0 Å². The highest BCUT2D eigenvalue weighted by molar-refractivity contribution is 5.70. The Morgan fingerprint density at radius 1 is 1.14 bits per heavy atom. The molecule has 0 unspecified atom stereocenters. The Morgan fingerprint density at radius 3 is 2.18 bits per heavy atom. The highest BCUT2D eigenvalue weighted by Crippen LogP contribution is 2.56. The summed E-state index contributed by atoms with van der Waals surface area (Å²) in [4.78, 5) is 14.6. The summed E-state index contributed by atoms with van der Waals surface area (Å²) in [5, 5.41) is 0. The Labute approximate surface area is 166 Å². The molecule has 0 aromatic heterocycles. The first-order valence-electron chi connectivity index (χ1n) is 9.69. The Balaban J connectivity index is 1.96. The number of piperidine rings is 1. The van der Waals surface area contributed by atoms with Gasteiger partial charge in [-0.3, -0.25) is 4.90 Å². The van der Waals surface area contributed by atoms with Gasteiger partial charge in [-0.15, -0.1) is 0 Å². The van der Waals surface area contributed by atoms with Crippen LogP contribution >= 0.6 is 0 Å². The van der Waals surface area contributed by atoms with Crippen LogP contribution in [0, 0.1) is 5.92 Å². The van der Waals surface area contributed by atoms with E-state index < -0.39 is 41.0 Å². The van der Waals surface area contributed by atoms with Crippen LogP contribution in [0.2, 0.25) is 0 Å². The van der Waals surface area contributed by atoms with Gasteiger partial charge in [0.2, 0.25) is 11.6 Å². The van der Waals surface area contributed by atoms with Crippen molar-refractivity contribution in [2.45, 2.75) is 82.4 Å².